The van der Waals surface area contributed by atoms with Crippen LogP contribution in [0.3, 0.4) is 0 Å². The van der Waals surface area contributed by atoms with Gasteiger partial charge < -0.3 is 10.8 Å². The maximum atomic E-state index is 12.4. The van der Waals surface area contributed by atoms with Gasteiger partial charge in [0, 0.05) is 11.3 Å². The van der Waals surface area contributed by atoms with Gasteiger partial charge in [-0.2, -0.15) is 0 Å². The molecule has 0 unspecified atom stereocenters. The summed E-state index contributed by atoms with van der Waals surface area (Å²) in [5.41, 5.74) is 5.92. The van der Waals surface area contributed by atoms with Crippen molar-refractivity contribution >= 4 is 57.9 Å². The molecule has 0 aliphatic carbocycles. The molecule has 0 bridgehead atoms. The zero-order valence-electron chi connectivity index (χ0n) is 9.75. The van der Waals surface area contributed by atoms with Gasteiger partial charge in [-0.1, -0.05) is 58.5 Å². The summed E-state index contributed by atoms with van der Waals surface area (Å²) < 4.78 is 0. The Kier molecular flexibility index (Phi) is 4.35. The molecule has 20 heavy (non-hydrogen) atoms. The molecule has 0 amide bonds. The average Bonchev–Trinajstić information content (AvgIpc) is 2.43. The van der Waals surface area contributed by atoms with Crippen LogP contribution in [0.4, 0.5) is 5.69 Å². The van der Waals surface area contributed by atoms with Crippen LogP contribution in [0.5, 0.6) is 5.75 Å². The van der Waals surface area contributed by atoms with Gasteiger partial charge in [0.15, 0.2) is 5.78 Å². The maximum absolute atomic E-state index is 12.4. The molecular formula is C13H7Cl4NO2. The van der Waals surface area contributed by atoms with Crippen molar-refractivity contribution < 1.29 is 9.90 Å². The van der Waals surface area contributed by atoms with Crippen LogP contribution in [0.1, 0.15) is 15.9 Å². The number of nitrogens with two attached hydrogens (primary N) is 1. The highest BCUT2D eigenvalue weighted by atomic mass is 35.5. The number of para-hydroxylation sites is 1. The van der Waals surface area contributed by atoms with Crippen molar-refractivity contribution in [2.24, 2.45) is 0 Å². The van der Waals surface area contributed by atoms with E-state index >= 15 is 0 Å². The Morgan fingerprint density at radius 3 is 2.10 bits per heavy atom. The van der Waals surface area contributed by atoms with Gasteiger partial charge in [0.05, 0.1) is 20.6 Å². The molecule has 0 radical (unpaired) electrons. The Labute approximate surface area is 134 Å². The SMILES string of the molecule is Nc1ccccc1C(=O)c1c(O)c(Cl)c(Cl)c(Cl)c1Cl. The fourth-order valence-corrected chi connectivity index (χ4v) is 2.59. The lowest BCUT2D eigenvalue weighted by Crippen LogP contribution is -2.07. The molecule has 0 fully saturated rings. The summed E-state index contributed by atoms with van der Waals surface area (Å²) in [6.45, 7) is 0. The summed E-state index contributed by atoms with van der Waals surface area (Å²) in [6.07, 6.45) is 0. The third-order valence-electron chi connectivity index (χ3n) is 2.67. The smallest absolute Gasteiger partial charge is 0.200 e. The molecule has 0 atom stereocenters. The van der Waals surface area contributed by atoms with E-state index in [4.69, 9.17) is 52.1 Å². The van der Waals surface area contributed by atoms with E-state index in [2.05, 4.69) is 0 Å². The van der Waals surface area contributed by atoms with E-state index in [9.17, 15) is 9.90 Å². The number of anilines is 1. The molecule has 2 aromatic carbocycles. The second kappa shape index (κ2) is 5.70. The molecule has 3 N–H and O–H groups in total. The van der Waals surface area contributed by atoms with Crippen molar-refractivity contribution in [3.05, 3.63) is 55.5 Å². The quantitative estimate of drug-likeness (QED) is 0.353. The van der Waals surface area contributed by atoms with Crippen LogP contribution in [0.25, 0.3) is 0 Å². The molecule has 7 heteroatoms. The first-order valence-corrected chi connectivity index (χ1v) is 6.81. The Morgan fingerprint density at radius 1 is 0.950 bits per heavy atom. The van der Waals surface area contributed by atoms with Gasteiger partial charge in [0.25, 0.3) is 0 Å². The highest BCUT2D eigenvalue weighted by molar-refractivity contribution is 6.53. The van der Waals surface area contributed by atoms with E-state index in [1.54, 1.807) is 18.2 Å². The largest absolute Gasteiger partial charge is 0.505 e. The van der Waals surface area contributed by atoms with Gasteiger partial charge in [-0.15, -0.1) is 0 Å². The standard InChI is InChI=1S/C13H7Cl4NO2/c14-8-7(13(20)11(17)10(16)9(8)15)12(19)5-3-1-2-4-6(5)18/h1-4,20H,18H2. The molecule has 0 saturated heterocycles. The number of phenolic OH excluding ortho intramolecular Hbond substituents is 1. The number of carbonyl (C=O) groups is 1. The van der Waals surface area contributed by atoms with Crippen LogP contribution in [0.15, 0.2) is 24.3 Å². The molecule has 0 aliphatic heterocycles. The van der Waals surface area contributed by atoms with Crippen molar-refractivity contribution in [3.8, 4) is 5.75 Å². The third kappa shape index (κ3) is 2.42. The Balaban J connectivity index is 2.71. The zero-order valence-corrected chi connectivity index (χ0v) is 12.8. The molecule has 2 rings (SSSR count). The van der Waals surface area contributed by atoms with Crippen molar-refractivity contribution in [3.63, 3.8) is 0 Å². The number of ketones is 1. The number of hydrogen-bond acceptors (Lipinski definition) is 3. The number of nitrogen functional groups attached to an aromatic ring is 1. The predicted octanol–water partition coefficient (Wildman–Crippen LogP) is 4.82. The van der Waals surface area contributed by atoms with E-state index in [1.807, 2.05) is 0 Å². The van der Waals surface area contributed by atoms with E-state index in [-0.39, 0.29) is 36.9 Å². The first-order valence-electron chi connectivity index (χ1n) is 5.30. The average molecular weight is 351 g/mol. The molecule has 0 heterocycles. The second-order valence-electron chi connectivity index (χ2n) is 3.90. The summed E-state index contributed by atoms with van der Waals surface area (Å²) in [7, 11) is 0. The van der Waals surface area contributed by atoms with E-state index in [0.717, 1.165) is 0 Å². The number of hydrogen-bond donors (Lipinski definition) is 2. The predicted molar refractivity (Wildman–Crippen MR) is 82.4 cm³/mol. The van der Waals surface area contributed by atoms with Gasteiger partial charge in [0.2, 0.25) is 0 Å². The van der Waals surface area contributed by atoms with Crippen molar-refractivity contribution in [2.45, 2.75) is 0 Å². The molecule has 0 saturated carbocycles. The zero-order chi connectivity index (χ0) is 15.0. The second-order valence-corrected chi connectivity index (χ2v) is 5.41. The number of carbonyl (C=O) groups excluding carboxylic acids is 1. The van der Waals surface area contributed by atoms with Gasteiger partial charge in [-0.05, 0) is 12.1 Å². The Hall–Kier alpha value is -1.13. The normalized spacial score (nSPS) is 10.6. The van der Waals surface area contributed by atoms with Gasteiger partial charge in [-0.25, -0.2) is 0 Å². The fraction of sp³-hybridized carbons (Fsp3) is 0. The van der Waals surface area contributed by atoms with Crippen LogP contribution in [0.2, 0.25) is 20.1 Å². The first-order chi connectivity index (χ1) is 9.36. The minimum atomic E-state index is -0.592. The van der Waals surface area contributed by atoms with E-state index < -0.39 is 11.5 Å². The minimum absolute atomic E-state index is 0.103. The molecule has 3 nitrogen and oxygen atoms in total. The summed E-state index contributed by atoms with van der Waals surface area (Å²) in [6, 6.07) is 6.37. The maximum Gasteiger partial charge on any atom is 0.200 e. The molecule has 2 aromatic rings. The summed E-state index contributed by atoms with van der Waals surface area (Å²) >= 11 is 23.5. The number of phenols is 1. The van der Waals surface area contributed by atoms with Gasteiger partial charge in [0.1, 0.15) is 10.8 Å². The van der Waals surface area contributed by atoms with Crippen molar-refractivity contribution in [1.29, 1.82) is 0 Å². The number of rotatable bonds is 2. The van der Waals surface area contributed by atoms with Crippen LogP contribution >= 0.6 is 46.4 Å². The van der Waals surface area contributed by atoms with Crippen LogP contribution in [0, 0.1) is 0 Å². The minimum Gasteiger partial charge on any atom is -0.505 e. The lowest BCUT2D eigenvalue weighted by molar-refractivity contribution is 0.103. The van der Waals surface area contributed by atoms with Crippen LogP contribution in [-0.2, 0) is 0 Å². The van der Waals surface area contributed by atoms with Gasteiger partial charge >= 0.3 is 0 Å². The van der Waals surface area contributed by atoms with E-state index in [1.165, 1.54) is 6.07 Å². The molecule has 0 aliphatic rings. The summed E-state index contributed by atoms with van der Waals surface area (Å²) in [4.78, 5) is 12.4. The third-order valence-corrected chi connectivity index (χ3v) is 4.47. The molecular weight excluding hydrogens is 344 g/mol. The topological polar surface area (TPSA) is 63.3 Å². The molecule has 0 spiro atoms. The summed E-state index contributed by atoms with van der Waals surface area (Å²) in [5.74, 6) is -1.12. The monoisotopic (exact) mass is 349 g/mol. The van der Waals surface area contributed by atoms with Crippen LogP contribution in [-0.4, -0.2) is 10.9 Å². The Bertz CT molecular complexity index is 687. The lowest BCUT2D eigenvalue weighted by Gasteiger charge is -2.12. The summed E-state index contributed by atoms with van der Waals surface area (Å²) in [5, 5.41) is 9.35. The van der Waals surface area contributed by atoms with Crippen LogP contribution < -0.4 is 5.73 Å². The highest BCUT2D eigenvalue weighted by Gasteiger charge is 2.26. The fourth-order valence-electron chi connectivity index (χ4n) is 1.67. The van der Waals surface area contributed by atoms with Crippen molar-refractivity contribution in [1.82, 2.24) is 0 Å². The number of aromatic hydroxyl groups is 1. The van der Waals surface area contributed by atoms with Gasteiger partial charge in [-0.3, -0.25) is 4.79 Å². The molecule has 104 valence electrons. The first kappa shape index (κ1) is 15.3. The van der Waals surface area contributed by atoms with Crippen molar-refractivity contribution in [2.75, 3.05) is 5.73 Å². The highest BCUT2D eigenvalue weighted by Crippen LogP contribution is 2.45. The number of benzene rings is 2. The molecule has 0 aromatic heterocycles. The Morgan fingerprint density at radius 2 is 1.50 bits per heavy atom. The lowest BCUT2D eigenvalue weighted by atomic mass is 10.0. The van der Waals surface area contributed by atoms with E-state index in [0.29, 0.717) is 0 Å². The number of halogens is 4.